The molecule has 0 radical (unpaired) electrons. The van der Waals surface area contributed by atoms with Crippen LogP contribution in [0.3, 0.4) is 0 Å². The van der Waals surface area contributed by atoms with Crippen LogP contribution < -0.4 is 10.6 Å². The highest BCUT2D eigenvalue weighted by atomic mass is 79.9. The first-order valence-corrected chi connectivity index (χ1v) is 8.47. The molecule has 0 unspecified atom stereocenters. The molecule has 1 aromatic carbocycles. The third kappa shape index (κ3) is 3.03. The van der Waals surface area contributed by atoms with Gasteiger partial charge in [-0.25, -0.2) is 0 Å². The Morgan fingerprint density at radius 3 is 2.82 bits per heavy atom. The van der Waals surface area contributed by atoms with Gasteiger partial charge in [0.1, 0.15) is 5.92 Å². The quantitative estimate of drug-likeness (QED) is 0.811. The van der Waals surface area contributed by atoms with Crippen molar-refractivity contribution in [3.63, 3.8) is 0 Å². The van der Waals surface area contributed by atoms with Gasteiger partial charge in [0.15, 0.2) is 0 Å². The Hall–Kier alpha value is -1.40. The molecule has 2 aliphatic rings. The smallest absolute Gasteiger partial charge is 0.239 e. The van der Waals surface area contributed by atoms with Crippen molar-refractivity contribution in [3.05, 3.63) is 28.7 Å². The minimum absolute atomic E-state index is 0.0374. The number of amides is 2. The average molecular weight is 366 g/mol. The molecule has 3 rings (SSSR count). The van der Waals surface area contributed by atoms with Crippen LogP contribution in [0, 0.1) is 5.92 Å². The third-order valence-corrected chi connectivity index (χ3v) is 4.89. The maximum absolute atomic E-state index is 12.6. The van der Waals surface area contributed by atoms with Gasteiger partial charge >= 0.3 is 0 Å². The lowest BCUT2D eigenvalue weighted by Crippen LogP contribution is -2.49. The molecule has 2 amide bonds. The average Bonchev–Trinajstić information content (AvgIpc) is 2.88. The fraction of sp³-hybridized carbons (Fsp3) is 0.500. The van der Waals surface area contributed by atoms with Gasteiger partial charge in [-0.05, 0) is 37.5 Å². The summed E-state index contributed by atoms with van der Waals surface area (Å²) in [7, 11) is 0. The van der Waals surface area contributed by atoms with E-state index in [2.05, 4.69) is 15.9 Å². The van der Waals surface area contributed by atoms with Crippen LogP contribution in [0.2, 0.25) is 0 Å². The first-order chi connectivity index (χ1) is 10.6. The molecule has 0 aliphatic carbocycles. The Kier molecular flexibility index (Phi) is 4.49. The summed E-state index contributed by atoms with van der Waals surface area (Å²) < 4.78 is 0.926. The van der Waals surface area contributed by atoms with Gasteiger partial charge in [0, 0.05) is 35.8 Å². The van der Waals surface area contributed by atoms with E-state index in [1.54, 1.807) is 9.80 Å². The zero-order valence-corrected chi connectivity index (χ0v) is 14.0. The summed E-state index contributed by atoms with van der Waals surface area (Å²) in [6.45, 7) is 1.87. The summed E-state index contributed by atoms with van der Waals surface area (Å²) >= 11 is 3.42. The second-order valence-electron chi connectivity index (χ2n) is 6.00. The second-order valence-corrected chi connectivity index (χ2v) is 6.91. The van der Waals surface area contributed by atoms with E-state index < -0.39 is 5.92 Å². The number of likely N-dealkylation sites (tertiary alicyclic amines) is 1. The van der Waals surface area contributed by atoms with Crippen LogP contribution in [0.1, 0.15) is 19.3 Å². The Labute approximate surface area is 138 Å². The molecule has 2 aliphatic heterocycles. The number of piperidine rings is 1. The van der Waals surface area contributed by atoms with Gasteiger partial charge in [0.25, 0.3) is 0 Å². The summed E-state index contributed by atoms with van der Waals surface area (Å²) in [5, 5.41) is 0. The van der Waals surface area contributed by atoms with Gasteiger partial charge in [-0.1, -0.05) is 22.0 Å². The number of nitrogens with zero attached hydrogens (tertiary/aromatic N) is 2. The van der Waals surface area contributed by atoms with Crippen LogP contribution in [0.15, 0.2) is 28.7 Å². The minimum Gasteiger partial charge on any atom is -0.340 e. The molecule has 2 atom stereocenters. The maximum Gasteiger partial charge on any atom is 0.239 e. The van der Waals surface area contributed by atoms with Gasteiger partial charge in [-0.2, -0.15) is 0 Å². The zero-order chi connectivity index (χ0) is 15.7. The van der Waals surface area contributed by atoms with Crippen molar-refractivity contribution < 1.29 is 9.59 Å². The largest absolute Gasteiger partial charge is 0.340 e. The molecule has 5 nitrogen and oxygen atoms in total. The van der Waals surface area contributed by atoms with E-state index in [0.29, 0.717) is 26.1 Å². The van der Waals surface area contributed by atoms with E-state index in [0.717, 1.165) is 23.0 Å². The third-order valence-electron chi connectivity index (χ3n) is 4.39. The Morgan fingerprint density at radius 1 is 1.27 bits per heavy atom. The summed E-state index contributed by atoms with van der Waals surface area (Å²) in [5.41, 5.74) is 6.77. The summed E-state index contributed by atoms with van der Waals surface area (Å²) in [4.78, 5) is 28.7. The number of nitrogens with two attached hydrogens (primary N) is 1. The second kappa shape index (κ2) is 6.38. The van der Waals surface area contributed by atoms with E-state index in [1.165, 1.54) is 0 Å². The molecule has 2 heterocycles. The first-order valence-electron chi connectivity index (χ1n) is 7.67. The molecule has 0 aromatic heterocycles. The van der Waals surface area contributed by atoms with Gasteiger partial charge in [0.05, 0.1) is 0 Å². The Balaban J connectivity index is 1.72. The number of anilines is 1. The standard InChI is InChI=1S/C16H20BrN3O2/c17-11-3-1-5-13(9-11)20-8-6-14(16(20)22)15(21)19-7-2-4-12(18)10-19/h1,3,5,9,12,14H,2,4,6-8,10,18H2/t12-,14+/m0/s1. The molecule has 2 N–H and O–H groups in total. The molecule has 0 bridgehead atoms. The SMILES string of the molecule is N[C@H]1CCCN(C(=O)[C@H]2CCN(c3cccc(Br)c3)C2=O)C1. The minimum atomic E-state index is -0.552. The Bertz CT molecular complexity index is 593. The number of hydrogen-bond donors (Lipinski definition) is 1. The van der Waals surface area contributed by atoms with Gasteiger partial charge < -0.3 is 15.5 Å². The van der Waals surface area contributed by atoms with Crippen molar-refractivity contribution in [1.82, 2.24) is 4.90 Å². The summed E-state index contributed by atoms with van der Waals surface area (Å²) in [6, 6.07) is 7.65. The molecule has 2 saturated heterocycles. The molecular weight excluding hydrogens is 346 g/mol. The number of benzene rings is 1. The summed E-state index contributed by atoms with van der Waals surface area (Å²) in [6.07, 6.45) is 2.45. The van der Waals surface area contributed by atoms with E-state index >= 15 is 0 Å². The lowest BCUT2D eigenvalue weighted by atomic mass is 10.0. The van der Waals surface area contributed by atoms with Crippen LogP contribution >= 0.6 is 15.9 Å². The lowest BCUT2D eigenvalue weighted by Gasteiger charge is -2.32. The summed E-state index contributed by atoms with van der Waals surface area (Å²) in [5.74, 6) is -0.704. The first kappa shape index (κ1) is 15.5. The van der Waals surface area contributed by atoms with E-state index in [9.17, 15) is 9.59 Å². The van der Waals surface area contributed by atoms with E-state index in [-0.39, 0.29) is 17.9 Å². The van der Waals surface area contributed by atoms with Crippen molar-refractivity contribution in [2.24, 2.45) is 11.7 Å². The molecule has 22 heavy (non-hydrogen) atoms. The molecule has 0 spiro atoms. The molecule has 6 heteroatoms. The van der Waals surface area contributed by atoms with Crippen molar-refractivity contribution in [3.8, 4) is 0 Å². The van der Waals surface area contributed by atoms with Crippen molar-refractivity contribution in [1.29, 1.82) is 0 Å². The highest BCUT2D eigenvalue weighted by Crippen LogP contribution is 2.29. The van der Waals surface area contributed by atoms with Crippen LogP contribution in [0.5, 0.6) is 0 Å². The molecule has 118 valence electrons. The molecule has 2 fully saturated rings. The van der Waals surface area contributed by atoms with Crippen molar-refractivity contribution in [2.75, 3.05) is 24.5 Å². The van der Waals surface area contributed by atoms with Crippen molar-refractivity contribution >= 4 is 33.4 Å². The van der Waals surface area contributed by atoms with Crippen LogP contribution in [0.25, 0.3) is 0 Å². The number of rotatable bonds is 2. The topological polar surface area (TPSA) is 66.6 Å². The predicted molar refractivity (Wildman–Crippen MR) is 88.4 cm³/mol. The van der Waals surface area contributed by atoms with Crippen LogP contribution in [-0.2, 0) is 9.59 Å². The van der Waals surface area contributed by atoms with E-state index in [1.807, 2.05) is 24.3 Å². The Morgan fingerprint density at radius 2 is 2.09 bits per heavy atom. The highest BCUT2D eigenvalue weighted by molar-refractivity contribution is 9.10. The fourth-order valence-corrected chi connectivity index (χ4v) is 3.63. The van der Waals surface area contributed by atoms with Gasteiger partial charge in [-0.3, -0.25) is 9.59 Å². The molecule has 0 saturated carbocycles. The van der Waals surface area contributed by atoms with Crippen molar-refractivity contribution in [2.45, 2.75) is 25.3 Å². The molecule has 1 aromatic rings. The van der Waals surface area contributed by atoms with Crippen LogP contribution in [-0.4, -0.2) is 42.4 Å². The number of hydrogen-bond acceptors (Lipinski definition) is 3. The van der Waals surface area contributed by atoms with E-state index in [4.69, 9.17) is 5.73 Å². The molecular formula is C16H20BrN3O2. The highest BCUT2D eigenvalue weighted by Gasteiger charge is 2.40. The fourth-order valence-electron chi connectivity index (χ4n) is 3.24. The maximum atomic E-state index is 12.6. The number of carbonyl (C=O) groups is 2. The lowest BCUT2D eigenvalue weighted by molar-refractivity contribution is -0.140. The zero-order valence-electron chi connectivity index (χ0n) is 12.4. The van der Waals surface area contributed by atoms with Gasteiger partial charge in [-0.15, -0.1) is 0 Å². The predicted octanol–water partition coefficient (Wildman–Crippen LogP) is 1.75. The van der Waals surface area contributed by atoms with Gasteiger partial charge in [0.2, 0.25) is 11.8 Å². The normalized spacial score (nSPS) is 25.6. The monoisotopic (exact) mass is 365 g/mol. The van der Waals surface area contributed by atoms with Crippen LogP contribution in [0.4, 0.5) is 5.69 Å². The number of carbonyl (C=O) groups excluding carboxylic acids is 2. The number of halogens is 1.